The summed E-state index contributed by atoms with van der Waals surface area (Å²) in [6.07, 6.45) is 3.45. The second-order valence-corrected chi connectivity index (χ2v) is 5.92. The maximum atomic E-state index is 13.9. The van der Waals surface area contributed by atoms with Crippen LogP contribution in [0.1, 0.15) is 35.8 Å². The standard InChI is InChI=1S/C17H17FN4O/c18-12-5-2-1-4-10(12)9-22-17-11(8-20-22)16(19)15-13(21-17)6-3-7-14(15)23/h1-2,4-5,8,14,23H,3,6-7,9H2,(H2,19,21). The quantitative estimate of drug-likeness (QED) is 0.762. The molecule has 0 spiro atoms. The van der Waals surface area contributed by atoms with Gasteiger partial charge in [0.25, 0.3) is 0 Å². The third kappa shape index (κ3) is 2.26. The summed E-state index contributed by atoms with van der Waals surface area (Å²) < 4.78 is 15.5. The first-order chi connectivity index (χ1) is 11.1. The number of pyridine rings is 1. The average Bonchev–Trinajstić information content (AvgIpc) is 2.93. The molecule has 4 rings (SSSR count). The molecule has 3 N–H and O–H groups in total. The molecule has 118 valence electrons. The molecule has 0 saturated heterocycles. The Hall–Kier alpha value is -2.47. The monoisotopic (exact) mass is 312 g/mol. The van der Waals surface area contributed by atoms with Crippen molar-refractivity contribution in [2.45, 2.75) is 31.9 Å². The molecule has 0 amide bonds. The van der Waals surface area contributed by atoms with Crippen molar-refractivity contribution in [3.8, 4) is 0 Å². The van der Waals surface area contributed by atoms with E-state index in [2.05, 4.69) is 10.1 Å². The summed E-state index contributed by atoms with van der Waals surface area (Å²) in [6, 6.07) is 6.62. The van der Waals surface area contributed by atoms with E-state index in [0.29, 0.717) is 35.2 Å². The van der Waals surface area contributed by atoms with Gasteiger partial charge in [-0.3, -0.25) is 0 Å². The fourth-order valence-corrected chi connectivity index (χ4v) is 3.25. The number of aromatic nitrogens is 3. The number of rotatable bonds is 2. The Balaban J connectivity index is 1.84. The molecule has 0 saturated carbocycles. The van der Waals surface area contributed by atoms with Gasteiger partial charge in [-0.05, 0) is 25.3 Å². The summed E-state index contributed by atoms with van der Waals surface area (Å²) in [5, 5.41) is 15.2. The molecule has 2 heterocycles. The minimum Gasteiger partial charge on any atom is -0.398 e. The molecule has 2 aromatic heterocycles. The van der Waals surface area contributed by atoms with Gasteiger partial charge < -0.3 is 10.8 Å². The Labute approximate surface area is 132 Å². The maximum Gasteiger partial charge on any atom is 0.160 e. The van der Waals surface area contributed by atoms with Crippen molar-refractivity contribution in [1.29, 1.82) is 0 Å². The van der Waals surface area contributed by atoms with Crippen LogP contribution in [0.3, 0.4) is 0 Å². The molecule has 0 radical (unpaired) electrons. The topological polar surface area (TPSA) is 77.0 Å². The van der Waals surface area contributed by atoms with Crippen LogP contribution in [-0.2, 0) is 13.0 Å². The van der Waals surface area contributed by atoms with E-state index < -0.39 is 6.10 Å². The minimum absolute atomic E-state index is 0.266. The Bertz CT molecular complexity index is 890. The molecule has 3 aromatic rings. The maximum absolute atomic E-state index is 13.9. The van der Waals surface area contributed by atoms with Crippen molar-refractivity contribution in [2.75, 3.05) is 5.73 Å². The number of aliphatic hydroxyl groups excluding tert-OH is 1. The number of nitrogens with two attached hydrogens (primary N) is 1. The second-order valence-electron chi connectivity index (χ2n) is 5.92. The molecule has 1 aliphatic carbocycles. The van der Waals surface area contributed by atoms with E-state index in [-0.39, 0.29) is 5.82 Å². The predicted octanol–water partition coefficient (Wildman–Crippen LogP) is 2.57. The third-order valence-electron chi connectivity index (χ3n) is 4.45. The average molecular weight is 312 g/mol. The molecule has 0 aliphatic heterocycles. The van der Waals surface area contributed by atoms with E-state index in [1.165, 1.54) is 6.07 Å². The molecule has 1 aliphatic rings. The molecule has 1 atom stereocenters. The van der Waals surface area contributed by atoms with E-state index >= 15 is 0 Å². The van der Waals surface area contributed by atoms with E-state index in [0.717, 1.165) is 24.1 Å². The largest absolute Gasteiger partial charge is 0.398 e. The Kier molecular flexibility index (Phi) is 3.27. The lowest BCUT2D eigenvalue weighted by atomic mass is 9.91. The smallest absolute Gasteiger partial charge is 0.160 e. The van der Waals surface area contributed by atoms with Crippen LogP contribution in [0, 0.1) is 5.82 Å². The first-order valence-corrected chi connectivity index (χ1v) is 7.70. The Morgan fingerprint density at radius 1 is 1.35 bits per heavy atom. The van der Waals surface area contributed by atoms with Gasteiger partial charge in [0.05, 0.1) is 35.6 Å². The van der Waals surface area contributed by atoms with Crippen LogP contribution in [0.2, 0.25) is 0 Å². The number of hydrogen-bond acceptors (Lipinski definition) is 4. The number of halogens is 1. The highest BCUT2D eigenvalue weighted by atomic mass is 19.1. The van der Waals surface area contributed by atoms with Gasteiger partial charge in [0.15, 0.2) is 5.65 Å². The van der Waals surface area contributed by atoms with Crippen molar-refractivity contribution >= 4 is 16.7 Å². The number of nitrogens with zero attached hydrogens (tertiary/aromatic N) is 3. The molecular weight excluding hydrogens is 295 g/mol. The van der Waals surface area contributed by atoms with Crippen molar-refractivity contribution < 1.29 is 9.50 Å². The lowest BCUT2D eigenvalue weighted by Gasteiger charge is -2.22. The van der Waals surface area contributed by atoms with Gasteiger partial charge in [0.2, 0.25) is 0 Å². The Morgan fingerprint density at radius 2 is 2.17 bits per heavy atom. The zero-order valence-corrected chi connectivity index (χ0v) is 12.5. The van der Waals surface area contributed by atoms with Crippen molar-refractivity contribution in [3.05, 3.63) is 53.1 Å². The number of benzene rings is 1. The molecule has 1 aromatic carbocycles. The highest BCUT2D eigenvalue weighted by Gasteiger charge is 2.25. The highest BCUT2D eigenvalue weighted by Crippen LogP contribution is 2.36. The van der Waals surface area contributed by atoms with Crippen molar-refractivity contribution in [2.24, 2.45) is 0 Å². The number of anilines is 1. The van der Waals surface area contributed by atoms with Gasteiger partial charge in [0.1, 0.15) is 5.82 Å². The lowest BCUT2D eigenvalue weighted by molar-refractivity contribution is 0.156. The number of hydrogen-bond donors (Lipinski definition) is 2. The predicted molar refractivity (Wildman–Crippen MR) is 85.3 cm³/mol. The van der Waals surface area contributed by atoms with Crippen LogP contribution in [0.25, 0.3) is 11.0 Å². The number of nitrogen functional groups attached to an aromatic ring is 1. The Morgan fingerprint density at radius 3 is 3.00 bits per heavy atom. The van der Waals surface area contributed by atoms with Gasteiger partial charge in [-0.25, -0.2) is 14.1 Å². The highest BCUT2D eigenvalue weighted by molar-refractivity contribution is 5.90. The first kappa shape index (κ1) is 14.1. The molecule has 5 nitrogen and oxygen atoms in total. The first-order valence-electron chi connectivity index (χ1n) is 7.70. The molecule has 1 unspecified atom stereocenters. The van der Waals surface area contributed by atoms with Crippen LogP contribution in [0.5, 0.6) is 0 Å². The minimum atomic E-state index is -0.564. The molecule has 0 bridgehead atoms. The summed E-state index contributed by atoms with van der Waals surface area (Å²) in [7, 11) is 0. The molecule has 23 heavy (non-hydrogen) atoms. The van der Waals surface area contributed by atoms with E-state index in [1.807, 2.05) is 0 Å². The van der Waals surface area contributed by atoms with Gasteiger partial charge in [-0.15, -0.1) is 0 Å². The van der Waals surface area contributed by atoms with Crippen LogP contribution >= 0.6 is 0 Å². The molecular formula is C17H17FN4O. The summed E-state index contributed by atoms with van der Waals surface area (Å²) >= 11 is 0. The van der Waals surface area contributed by atoms with Crippen LogP contribution in [-0.4, -0.2) is 19.9 Å². The second kappa shape index (κ2) is 5.31. The van der Waals surface area contributed by atoms with E-state index in [4.69, 9.17) is 5.73 Å². The summed E-state index contributed by atoms with van der Waals surface area (Å²) in [5.74, 6) is -0.266. The number of fused-ring (bicyclic) bond motifs is 2. The van der Waals surface area contributed by atoms with Crippen molar-refractivity contribution in [3.63, 3.8) is 0 Å². The SMILES string of the molecule is Nc1c2c(nc3c1cnn3Cc1ccccc1F)CCCC2O. The lowest BCUT2D eigenvalue weighted by Crippen LogP contribution is -2.15. The fraction of sp³-hybridized carbons (Fsp3) is 0.294. The molecule has 6 heteroatoms. The summed E-state index contributed by atoms with van der Waals surface area (Å²) in [4.78, 5) is 4.65. The number of aliphatic hydroxyl groups is 1. The van der Waals surface area contributed by atoms with Crippen LogP contribution in [0.4, 0.5) is 10.1 Å². The summed E-state index contributed by atoms with van der Waals surface area (Å²) in [5.41, 5.74) is 9.52. The number of aryl methyl sites for hydroxylation is 1. The van der Waals surface area contributed by atoms with Gasteiger partial charge >= 0.3 is 0 Å². The summed E-state index contributed by atoms with van der Waals surface area (Å²) in [6.45, 7) is 0.296. The molecule has 0 fully saturated rings. The van der Waals surface area contributed by atoms with Crippen molar-refractivity contribution in [1.82, 2.24) is 14.8 Å². The van der Waals surface area contributed by atoms with Gasteiger partial charge in [-0.2, -0.15) is 5.10 Å². The zero-order chi connectivity index (χ0) is 16.0. The van der Waals surface area contributed by atoms with Crippen LogP contribution < -0.4 is 5.73 Å². The normalized spacial score (nSPS) is 17.4. The zero-order valence-electron chi connectivity index (χ0n) is 12.5. The van der Waals surface area contributed by atoms with Gasteiger partial charge in [0, 0.05) is 11.1 Å². The van der Waals surface area contributed by atoms with E-state index in [9.17, 15) is 9.50 Å². The van der Waals surface area contributed by atoms with E-state index in [1.54, 1.807) is 29.1 Å². The van der Waals surface area contributed by atoms with Crippen LogP contribution in [0.15, 0.2) is 30.5 Å². The fourth-order valence-electron chi connectivity index (χ4n) is 3.25. The van der Waals surface area contributed by atoms with Gasteiger partial charge in [-0.1, -0.05) is 18.2 Å². The third-order valence-corrected chi connectivity index (χ3v) is 4.45.